The number of rotatable bonds is 2. The first-order chi connectivity index (χ1) is 6.79. The molecule has 2 N–H and O–H groups in total. The van der Waals surface area contributed by atoms with Gasteiger partial charge in [0.1, 0.15) is 0 Å². The van der Waals surface area contributed by atoms with E-state index in [1.54, 1.807) is 11.3 Å². The molecule has 1 aromatic carbocycles. The average molecular weight is 205 g/mol. The lowest BCUT2D eigenvalue weighted by molar-refractivity contribution is 1.24. The van der Waals surface area contributed by atoms with Gasteiger partial charge in [0.25, 0.3) is 0 Å². The van der Waals surface area contributed by atoms with Crippen molar-refractivity contribution in [3.8, 4) is 0 Å². The van der Waals surface area contributed by atoms with Gasteiger partial charge in [0.2, 0.25) is 0 Å². The molecule has 0 fully saturated rings. The summed E-state index contributed by atoms with van der Waals surface area (Å²) in [5.41, 5.74) is 9.42. The maximum atomic E-state index is 5.66. The average Bonchev–Trinajstić information content (AvgIpc) is 2.64. The van der Waals surface area contributed by atoms with Crippen molar-refractivity contribution >= 4 is 33.1 Å². The Labute approximate surface area is 86.3 Å². The van der Waals surface area contributed by atoms with Gasteiger partial charge in [-0.25, -0.2) is 9.98 Å². The third-order valence-electron chi connectivity index (χ3n) is 1.95. The summed E-state index contributed by atoms with van der Waals surface area (Å²) < 4.78 is 1.15. The van der Waals surface area contributed by atoms with Crippen LogP contribution in [-0.2, 0) is 0 Å². The standard InChI is InChI=1S/C10H11N3S/c1-2-10(11)13-7-3-4-8-9(5-7)14-6-12-8/h3-6H,2H2,1H3,(H2,11,13). The van der Waals surface area contributed by atoms with Gasteiger partial charge in [-0.05, 0) is 18.2 Å². The molecule has 0 spiro atoms. The quantitative estimate of drug-likeness (QED) is 0.605. The number of amidine groups is 1. The summed E-state index contributed by atoms with van der Waals surface area (Å²) in [5, 5.41) is 0. The smallest absolute Gasteiger partial charge is 0.0993 e. The molecule has 14 heavy (non-hydrogen) atoms. The highest BCUT2D eigenvalue weighted by atomic mass is 32.1. The van der Waals surface area contributed by atoms with Gasteiger partial charge in [-0.1, -0.05) is 6.92 Å². The number of thiazole rings is 1. The van der Waals surface area contributed by atoms with E-state index in [4.69, 9.17) is 5.73 Å². The minimum atomic E-state index is 0.661. The van der Waals surface area contributed by atoms with Crippen LogP contribution in [0, 0.1) is 0 Å². The Kier molecular flexibility index (Phi) is 2.45. The van der Waals surface area contributed by atoms with Crippen molar-refractivity contribution in [3.63, 3.8) is 0 Å². The van der Waals surface area contributed by atoms with Gasteiger partial charge in [-0.2, -0.15) is 0 Å². The van der Waals surface area contributed by atoms with E-state index in [9.17, 15) is 0 Å². The van der Waals surface area contributed by atoms with Crippen molar-refractivity contribution in [1.29, 1.82) is 0 Å². The van der Waals surface area contributed by atoms with Gasteiger partial charge in [-0.15, -0.1) is 11.3 Å². The fourth-order valence-electron chi connectivity index (χ4n) is 1.16. The fourth-order valence-corrected chi connectivity index (χ4v) is 1.87. The zero-order chi connectivity index (χ0) is 9.97. The van der Waals surface area contributed by atoms with Crippen LogP contribution < -0.4 is 5.73 Å². The zero-order valence-electron chi connectivity index (χ0n) is 7.90. The minimum absolute atomic E-state index is 0.661. The second kappa shape index (κ2) is 3.75. The molecule has 72 valence electrons. The van der Waals surface area contributed by atoms with Gasteiger partial charge < -0.3 is 5.73 Å². The summed E-state index contributed by atoms with van der Waals surface area (Å²) >= 11 is 1.61. The van der Waals surface area contributed by atoms with Crippen LogP contribution in [0.2, 0.25) is 0 Å². The van der Waals surface area contributed by atoms with E-state index in [1.807, 2.05) is 30.6 Å². The second-order valence-electron chi connectivity index (χ2n) is 2.96. The first-order valence-corrected chi connectivity index (χ1v) is 5.34. The molecule has 0 atom stereocenters. The maximum absolute atomic E-state index is 5.66. The van der Waals surface area contributed by atoms with E-state index in [2.05, 4.69) is 9.98 Å². The highest BCUT2D eigenvalue weighted by Gasteiger charge is 1.97. The molecular weight excluding hydrogens is 194 g/mol. The molecule has 0 saturated carbocycles. The lowest BCUT2D eigenvalue weighted by Gasteiger charge is -1.96. The van der Waals surface area contributed by atoms with Gasteiger partial charge in [-0.3, -0.25) is 0 Å². The number of hydrogen-bond donors (Lipinski definition) is 1. The van der Waals surface area contributed by atoms with Crippen LogP contribution in [0.15, 0.2) is 28.7 Å². The van der Waals surface area contributed by atoms with E-state index < -0.39 is 0 Å². The van der Waals surface area contributed by atoms with E-state index in [-0.39, 0.29) is 0 Å². The monoisotopic (exact) mass is 205 g/mol. The third-order valence-corrected chi connectivity index (χ3v) is 2.74. The van der Waals surface area contributed by atoms with Crippen LogP contribution in [0.5, 0.6) is 0 Å². The molecule has 0 bridgehead atoms. The molecule has 0 aliphatic heterocycles. The summed E-state index contributed by atoms with van der Waals surface area (Å²) in [7, 11) is 0. The molecule has 2 rings (SSSR count). The van der Waals surface area contributed by atoms with Crippen LogP contribution in [-0.4, -0.2) is 10.8 Å². The molecule has 0 aliphatic rings. The number of aromatic nitrogens is 1. The molecule has 1 heterocycles. The fraction of sp³-hybridized carbons (Fsp3) is 0.200. The summed E-state index contributed by atoms with van der Waals surface area (Å²) in [5.74, 6) is 0.661. The van der Waals surface area contributed by atoms with Crippen LogP contribution in [0.3, 0.4) is 0 Å². The van der Waals surface area contributed by atoms with Crippen LogP contribution in [0.1, 0.15) is 13.3 Å². The lowest BCUT2D eigenvalue weighted by atomic mass is 10.3. The summed E-state index contributed by atoms with van der Waals surface area (Å²) in [6.07, 6.45) is 0.778. The summed E-state index contributed by atoms with van der Waals surface area (Å²) in [6, 6.07) is 5.91. The summed E-state index contributed by atoms with van der Waals surface area (Å²) in [6.45, 7) is 1.99. The molecule has 4 heteroatoms. The van der Waals surface area contributed by atoms with Gasteiger partial charge >= 0.3 is 0 Å². The largest absolute Gasteiger partial charge is 0.387 e. The minimum Gasteiger partial charge on any atom is -0.387 e. The van der Waals surface area contributed by atoms with Crippen LogP contribution in [0.25, 0.3) is 10.2 Å². The Bertz CT molecular complexity index is 473. The highest BCUT2D eigenvalue weighted by Crippen LogP contribution is 2.23. The van der Waals surface area contributed by atoms with Crippen LogP contribution in [0.4, 0.5) is 5.69 Å². The number of nitrogens with two attached hydrogens (primary N) is 1. The van der Waals surface area contributed by atoms with Crippen molar-refractivity contribution in [3.05, 3.63) is 23.7 Å². The van der Waals surface area contributed by atoms with Gasteiger partial charge in [0.15, 0.2) is 0 Å². The van der Waals surface area contributed by atoms with Gasteiger partial charge in [0, 0.05) is 6.42 Å². The molecule has 3 nitrogen and oxygen atoms in total. The number of fused-ring (bicyclic) bond motifs is 1. The van der Waals surface area contributed by atoms with Crippen molar-refractivity contribution < 1.29 is 0 Å². The Morgan fingerprint density at radius 2 is 2.43 bits per heavy atom. The van der Waals surface area contributed by atoms with Crippen molar-refractivity contribution in [2.45, 2.75) is 13.3 Å². The second-order valence-corrected chi connectivity index (χ2v) is 3.85. The Morgan fingerprint density at radius 3 is 3.21 bits per heavy atom. The number of benzene rings is 1. The highest BCUT2D eigenvalue weighted by molar-refractivity contribution is 7.16. The Morgan fingerprint density at radius 1 is 1.57 bits per heavy atom. The van der Waals surface area contributed by atoms with Crippen molar-refractivity contribution in [2.24, 2.45) is 10.7 Å². The first kappa shape index (κ1) is 9.15. The van der Waals surface area contributed by atoms with Crippen molar-refractivity contribution in [1.82, 2.24) is 4.98 Å². The molecule has 0 saturated heterocycles. The van der Waals surface area contributed by atoms with E-state index in [0.717, 1.165) is 22.3 Å². The Hall–Kier alpha value is -1.42. The SMILES string of the molecule is CCC(N)=Nc1ccc2ncsc2c1. The van der Waals surface area contributed by atoms with Crippen molar-refractivity contribution in [2.75, 3.05) is 0 Å². The topological polar surface area (TPSA) is 51.3 Å². The molecule has 2 aromatic rings. The van der Waals surface area contributed by atoms with Crippen LogP contribution >= 0.6 is 11.3 Å². The van der Waals surface area contributed by atoms with E-state index in [1.165, 1.54) is 0 Å². The molecule has 0 aliphatic carbocycles. The first-order valence-electron chi connectivity index (χ1n) is 4.46. The van der Waals surface area contributed by atoms with E-state index >= 15 is 0 Å². The number of nitrogens with zero attached hydrogens (tertiary/aromatic N) is 2. The molecule has 0 radical (unpaired) electrons. The zero-order valence-corrected chi connectivity index (χ0v) is 8.71. The number of hydrogen-bond acceptors (Lipinski definition) is 3. The maximum Gasteiger partial charge on any atom is 0.0993 e. The molecule has 0 unspecified atom stereocenters. The van der Waals surface area contributed by atoms with Gasteiger partial charge in [0.05, 0.1) is 27.3 Å². The van der Waals surface area contributed by atoms with E-state index in [0.29, 0.717) is 5.84 Å². The molecule has 0 amide bonds. The molecular formula is C10H11N3S. The molecule has 1 aromatic heterocycles. The third kappa shape index (κ3) is 1.75. The number of aliphatic imine (C=N–C) groups is 1. The predicted octanol–water partition coefficient (Wildman–Crippen LogP) is 2.70. The normalized spacial score (nSPS) is 12.2. The lowest BCUT2D eigenvalue weighted by Crippen LogP contribution is -2.08. The predicted molar refractivity (Wildman–Crippen MR) is 61.2 cm³/mol. The summed E-state index contributed by atoms with van der Waals surface area (Å²) in [4.78, 5) is 8.48. The Balaban J connectivity index is 2.44.